The summed E-state index contributed by atoms with van der Waals surface area (Å²) in [5.41, 5.74) is 7.12. The van der Waals surface area contributed by atoms with Gasteiger partial charge in [0.25, 0.3) is 0 Å². The molecular formula is C10H18ClN3S. The molecule has 1 saturated heterocycles. The fraction of sp³-hybridized carbons (Fsp3) is 0.700. The van der Waals surface area contributed by atoms with E-state index in [0.717, 1.165) is 18.1 Å². The van der Waals surface area contributed by atoms with Crippen molar-refractivity contribution >= 4 is 23.7 Å². The number of aryl methyl sites for hydroxylation is 1. The average molecular weight is 248 g/mol. The fourth-order valence-corrected chi connectivity index (χ4v) is 2.55. The lowest BCUT2D eigenvalue weighted by Crippen LogP contribution is -2.42. The number of rotatable bonds is 2. The van der Waals surface area contributed by atoms with Crippen molar-refractivity contribution < 1.29 is 0 Å². The van der Waals surface area contributed by atoms with E-state index in [4.69, 9.17) is 5.73 Å². The van der Waals surface area contributed by atoms with Gasteiger partial charge in [-0.05, 0) is 26.3 Å². The quantitative estimate of drug-likeness (QED) is 0.867. The van der Waals surface area contributed by atoms with E-state index in [-0.39, 0.29) is 12.4 Å². The lowest BCUT2D eigenvalue weighted by Gasteiger charge is -2.29. The highest BCUT2D eigenvalue weighted by atomic mass is 35.5. The van der Waals surface area contributed by atoms with E-state index in [9.17, 15) is 0 Å². The molecule has 1 aliphatic rings. The molecule has 86 valence electrons. The van der Waals surface area contributed by atoms with Gasteiger partial charge in [0.15, 0.2) is 0 Å². The molecule has 3 nitrogen and oxygen atoms in total. The maximum atomic E-state index is 5.92. The standard InChI is InChI=1S/C10H17N3S.ClH/c1-8-12-10(7-14-8)6-13-4-2-3-9(11)5-13;/h7,9H,2-6,11H2,1H3;1H. The molecule has 0 bridgehead atoms. The Labute approximate surface area is 101 Å². The lowest BCUT2D eigenvalue weighted by molar-refractivity contribution is 0.200. The second kappa shape index (κ2) is 5.80. The molecule has 0 aromatic carbocycles. The van der Waals surface area contributed by atoms with E-state index in [2.05, 4.69) is 22.2 Å². The van der Waals surface area contributed by atoms with Crippen LogP contribution in [0.5, 0.6) is 0 Å². The third-order valence-electron chi connectivity index (χ3n) is 2.59. The van der Waals surface area contributed by atoms with Gasteiger partial charge >= 0.3 is 0 Å². The van der Waals surface area contributed by atoms with Crippen LogP contribution in [0.15, 0.2) is 5.38 Å². The Bertz CT molecular complexity index is 303. The number of nitrogens with two attached hydrogens (primary N) is 1. The summed E-state index contributed by atoms with van der Waals surface area (Å²) in [6, 6.07) is 0.364. The summed E-state index contributed by atoms with van der Waals surface area (Å²) in [4.78, 5) is 6.87. The van der Waals surface area contributed by atoms with Gasteiger partial charge in [-0.2, -0.15) is 0 Å². The first kappa shape index (κ1) is 12.9. The zero-order valence-electron chi connectivity index (χ0n) is 8.98. The molecule has 2 N–H and O–H groups in total. The van der Waals surface area contributed by atoms with Crippen molar-refractivity contribution in [2.75, 3.05) is 13.1 Å². The van der Waals surface area contributed by atoms with Gasteiger partial charge in [-0.3, -0.25) is 4.90 Å². The number of aromatic nitrogens is 1. The van der Waals surface area contributed by atoms with Crippen molar-refractivity contribution in [3.05, 3.63) is 16.1 Å². The second-order valence-electron chi connectivity index (χ2n) is 4.00. The predicted octanol–water partition coefficient (Wildman–Crippen LogP) is 1.80. The van der Waals surface area contributed by atoms with Gasteiger partial charge in [-0.1, -0.05) is 0 Å². The Morgan fingerprint density at radius 1 is 1.67 bits per heavy atom. The molecule has 2 heterocycles. The molecule has 1 unspecified atom stereocenters. The van der Waals surface area contributed by atoms with Crippen LogP contribution in [0.3, 0.4) is 0 Å². The largest absolute Gasteiger partial charge is 0.327 e. The molecule has 1 atom stereocenters. The summed E-state index contributed by atoms with van der Waals surface area (Å²) < 4.78 is 0. The highest BCUT2D eigenvalue weighted by Crippen LogP contribution is 2.14. The smallest absolute Gasteiger partial charge is 0.0897 e. The number of thiazole rings is 1. The van der Waals surface area contributed by atoms with Crippen molar-refractivity contribution in [3.63, 3.8) is 0 Å². The van der Waals surface area contributed by atoms with Crippen LogP contribution in [0.25, 0.3) is 0 Å². The number of likely N-dealkylation sites (tertiary alicyclic amines) is 1. The highest BCUT2D eigenvalue weighted by molar-refractivity contribution is 7.09. The molecule has 0 spiro atoms. The van der Waals surface area contributed by atoms with Crippen molar-refractivity contribution in [3.8, 4) is 0 Å². The minimum absolute atomic E-state index is 0. The molecule has 0 saturated carbocycles. The fourth-order valence-electron chi connectivity index (χ4n) is 1.94. The predicted molar refractivity (Wildman–Crippen MR) is 66.6 cm³/mol. The molecule has 0 aliphatic carbocycles. The first-order valence-corrected chi connectivity index (χ1v) is 6.01. The van der Waals surface area contributed by atoms with E-state index >= 15 is 0 Å². The number of piperidine rings is 1. The minimum Gasteiger partial charge on any atom is -0.327 e. The molecule has 1 aromatic rings. The molecule has 0 amide bonds. The highest BCUT2D eigenvalue weighted by Gasteiger charge is 2.17. The maximum Gasteiger partial charge on any atom is 0.0897 e. The molecule has 1 aliphatic heterocycles. The van der Waals surface area contributed by atoms with Crippen LogP contribution in [0.1, 0.15) is 23.5 Å². The van der Waals surface area contributed by atoms with Gasteiger partial charge in [0, 0.05) is 24.5 Å². The summed E-state index contributed by atoms with van der Waals surface area (Å²) in [7, 11) is 0. The summed E-state index contributed by atoms with van der Waals surface area (Å²) >= 11 is 1.72. The zero-order chi connectivity index (χ0) is 9.97. The van der Waals surface area contributed by atoms with Crippen LogP contribution in [-0.2, 0) is 6.54 Å². The van der Waals surface area contributed by atoms with Crippen molar-refractivity contribution in [2.45, 2.75) is 32.4 Å². The normalized spacial score (nSPS) is 22.4. The van der Waals surface area contributed by atoms with Gasteiger partial charge in [0.2, 0.25) is 0 Å². The van der Waals surface area contributed by atoms with Gasteiger partial charge in [-0.15, -0.1) is 23.7 Å². The van der Waals surface area contributed by atoms with Crippen molar-refractivity contribution in [1.82, 2.24) is 9.88 Å². The van der Waals surface area contributed by atoms with E-state index in [1.807, 2.05) is 0 Å². The van der Waals surface area contributed by atoms with Crippen LogP contribution in [0.2, 0.25) is 0 Å². The van der Waals surface area contributed by atoms with Crippen LogP contribution in [0, 0.1) is 6.92 Å². The molecule has 1 aromatic heterocycles. The number of nitrogens with zero attached hydrogens (tertiary/aromatic N) is 2. The monoisotopic (exact) mass is 247 g/mol. The van der Waals surface area contributed by atoms with Crippen LogP contribution >= 0.6 is 23.7 Å². The lowest BCUT2D eigenvalue weighted by atomic mass is 10.1. The number of halogens is 1. The Hall–Kier alpha value is -0.160. The molecule has 1 fully saturated rings. The van der Waals surface area contributed by atoms with Crippen LogP contribution in [0.4, 0.5) is 0 Å². The Morgan fingerprint density at radius 3 is 3.07 bits per heavy atom. The third kappa shape index (κ3) is 3.72. The van der Waals surface area contributed by atoms with E-state index in [1.165, 1.54) is 25.1 Å². The SMILES string of the molecule is Cc1nc(CN2CCCC(N)C2)cs1.Cl. The Balaban J connectivity index is 0.00000112. The second-order valence-corrected chi connectivity index (χ2v) is 5.06. The summed E-state index contributed by atoms with van der Waals surface area (Å²) in [6.07, 6.45) is 2.40. The maximum absolute atomic E-state index is 5.92. The molecule has 5 heteroatoms. The van der Waals surface area contributed by atoms with Gasteiger partial charge < -0.3 is 5.73 Å². The summed E-state index contributed by atoms with van der Waals surface area (Å²) in [5, 5.41) is 3.30. The number of hydrogen-bond acceptors (Lipinski definition) is 4. The molecule has 0 radical (unpaired) electrons. The van der Waals surface area contributed by atoms with E-state index in [0.29, 0.717) is 6.04 Å². The zero-order valence-corrected chi connectivity index (χ0v) is 10.6. The Morgan fingerprint density at radius 2 is 2.47 bits per heavy atom. The van der Waals surface area contributed by atoms with Crippen molar-refractivity contribution in [1.29, 1.82) is 0 Å². The van der Waals surface area contributed by atoms with Gasteiger partial charge in [-0.25, -0.2) is 4.98 Å². The summed E-state index contributed by atoms with van der Waals surface area (Å²) in [6.45, 7) is 5.22. The molecule has 2 rings (SSSR count). The van der Waals surface area contributed by atoms with Gasteiger partial charge in [0.05, 0.1) is 10.7 Å². The van der Waals surface area contributed by atoms with Gasteiger partial charge in [0.1, 0.15) is 0 Å². The minimum atomic E-state index is 0. The first-order valence-electron chi connectivity index (χ1n) is 5.13. The van der Waals surface area contributed by atoms with Crippen LogP contribution in [-0.4, -0.2) is 29.0 Å². The molecule has 15 heavy (non-hydrogen) atoms. The topological polar surface area (TPSA) is 42.2 Å². The summed E-state index contributed by atoms with van der Waals surface area (Å²) in [5.74, 6) is 0. The van der Waals surface area contributed by atoms with Crippen LogP contribution < -0.4 is 5.73 Å². The van der Waals surface area contributed by atoms with E-state index in [1.54, 1.807) is 11.3 Å². The first-order chi connectivity index (χ1) is 6.74. The van der Waals surface area contributed by atoms with E-state index < -0.39 is 0 Å². The van der Waals surface area contributed by atoms with Crippen molar-refractivity contribution in [2.24, 2.45) is 5.73 Å². The third-order valence-corrected chi connectivity index (χ3v) is 3.42. The molecular weight excluding hydrogens is 230 g/mol. The average Bonchev–Trinajstić information content (AvgIpc) is 2.51. The Kier molecular flexibility index (Phi) is 4.99. The number of hydrogen-bond donors (Lipinski definition) is 1.